The van der Waals surface area contributed by atoms with Crippen molar-refractivity contribution in [1.29, 1.82) is 0 Å². The van der Waals surface area contributed by atoms with E-state index in [4.69, 9.17) is 33.7 Å². The summed E-state index contributed by atoms with van der Waals surface area (Å²) in [7, 11) is 0. The SMILES string of the molecule is NCCOCC(=O)N1CCN(C(=O)C2(Sc3ccccc3)CC(=O)N(Cc3ccc(Cl)c(F)c3)C2c2c[nH]c3cc(Cl)ccc23)CC1. The molecule has 2 fully saturated rings. The molecule has 3 heterocycles. The number of H-pyrrole nitrogens is 1. The van der Waals surface area contributed by atoms with Crippen molar-refractivity contribution in [2.24, 2.45) is 5.73 Å². The molecule has 3 amide bonds. The Labute approximate surface area is 286 Å². The Balaban J connectivity index is 1.41. The van der Waals surface area contributed by atoms with E-state index in [0.29, 0.717) is 43.3 Å². The number of rotatable bonds is 10. The summed E-state index contributed by atoms with van der Waals surface area (Å²) in [4.78, 5) is 51.2. The van der Waals surface area contributed by atoms with Crippen LogP contribution < -0.4 is 5.73 Å². The van der Waals surface area contributed by atoms with Crippen molar-refractivity contribution in [2.75, 3.05) is 45.9 Å². The number of piperazine rings is 1. The van der Waals surface area contributed by atoms with Gasteiger partial charge in [0.15, 0.2) is 0 Å². The Bertz CT molecular complexity index is 1780. The van der Waals surface area contributed by atoms with Crippen LogP contribution >= 0.6 is 35.0 Å². The summed E-state index contributed by atoms with van der Waals surface area (Å²) < 4.78 is 18.6. The largest absolute Gasteiger partial charge is 0.370 e. The highest BCUT2D eigenvalue weighted by Gasteiger charge is 2.60. The third kappa shape index (κ3) is 6.86. The average molecular weight is 699 g/mol. The maximum absolute atomic E-state index is 15.0. The number of hydrogen-bond acceptors (Lipinski definition) is 6. The minimum atomic E-state index is -1.30. The molecule has 6 rings (SSSR count). The molecule has 13 heteroatoms. The number of aromatic amines is 1. The maximum Gasteiger partial charge on any atom is 0.248 e. The molecule has 2 saturated heterocycles. The highest BCUT2D eigenvalue weighted by Crippen LogP contribution is 2.55. The summed E-state index contributed by atoms with van der Waals surface area (Å²) in [5.41, 5.74) is 7.54. The van der Waals surface area contributed by atoms with Crippen LogP contribution in [-0.2, 0) is 25.7 Å². The quantitative estimate of drug-likeness (QED) is 0.219. The van der Waals surface area contributed by atoms with Crippen LogP contribution in [0.1, 0.15) is 23.6 Å². The number of nitrogens with zero attached hydrogens (tertiary/aromatic N) is 3. The summed E-state index contributed by atoms with van der Waals surface area (Å²) in [5.74, 6) is -1.19. The highest BCUT2D eigenvalue weighted by molar-refractivity contribution is 8.01. The molecule has 1 aromatic heterocycles. The van der Waals surface area contributed by atoms with Crippen molar-refractivity contribution in [3.63, 3.8) is 0 Å². The van der Waals surface area contributed by atoms with E-state index >= 15 is 4.79 Å². The minimum Gasteiger partial charge on any atom is -0.370 e. The Morgan fingerprint density at radius 2 is 1.77 bits per heavy atom. The Kier molecular flexibility index (Phi) is 10.1. The number of halogens is 3. The van der Waals surface area contributed by atoms with Crippen LogP contribution in [0.15, 0.2) is 77.8 Å². The van der Waals surface area contributed by atoms with Gasteiger partial charge in [-0.1, -0.05) is 53.5 Å². The minimum absolute atomic E-state index is 0.0146. The van der Waals surface area contributed by atoms with Crippen LogP contribution in [0, 0.1) is 5.82 Å². The van der Waals surface area contributed by atoms with E-state index in [2.05, 4.69) is 4.98 Å². The van der Waals surface area contributed by atoms with Crippen molar-refractivity contribution in [3.8, 4) is 0 Å². The van der Waals surface area contributed by atoms with Gasteiger partial charge < -0.3 is 30.2 Å². The van der Waals surface area contributed by atoms with Gasteiger partial charge in [0.25, 0.3) is 0 Å². The topological polar surface area (TPSA) is 112 Å². The predicted octanol–water partition coefficient (Wildman–Crippen LogP) is 5.26. The Morgan fingerprint density at radius 3 is 2.49 bits per heavy atom. The van der Waals surface area contributed by atoms with Crippen LogP contribution in [0.25, 0.3) is 10.9 Å². The lowest BCUT2D eigenvalue weighted by Crippen LogP contribution is -2.57. The number of fused-ring (bicyclic) bond motifs is 1. The lowest BCUT2D eigenvalue weighted by atomic mass is 9.90. The Morgan fingerprint density at radius 1 is 1.02 bits per heavy atom. The molecule has 0 radical (unpaired) electrons. The molecular formula is C34H34Cl2FN5O4S. The third-order valence-corrected chi connectivity index (χ3v) is 10.6. The summed E-state index contributed by atoms with van der Waals surface area (Å²) >= 11 is 13.7. The highest BCUT2D eigenvalue weighted by atomic mass is 35.5. The number of carbonyl (C=O) groups excluding carboxylic acids is 3. The molecule has 3 N–H and O–H groups in total. The van der Waals surface area contributed by atoms with Crippen molar-refractivity contribution < 1.29 is 23.5 Å². The summed E-state index contributed by atoms with van der Waals surface area (Å²) in [6.45, 7) is 1.87. The van der Waals surface area contributed by atoms with Gasteiger partial charge in [0, 0.05) is 71.8 Å². The predicted molar refractivity (Wildman–Crippen MR) is 181 cm³/mol. The van der Waals surface area contributed by atoms with Gasteiger partial charge in [-0.05, 0) is 42.0 Å². The molecule has 0 bridgehead atoms. The molecule has 0 spiro atoms. The molecule has 246 valence electrons. The van der Waals surface area contributed by atoms with E-state index in [-0.39, 0.29) is 48.9 Å². The Hall–Kier alpha value is -3.61. The van der Waals surface area contributed by atoms with E-state index in [1.54, 1.807) is 32.9 Å². The number of ether oxygens (including phenoxy) is 1. The standard InChI is InChI=1S/C34H34Cl2FN5O4S/c35-23-7-8-25-26(19-39-29(25)17-23)32-34(47-24-4-2-1-3-5-24,18-30(43)42(32)20-22-6-9-27(36)28(37)16-22)33(45)41-13-11-40(12-14-41)31(44)21-46-15-10-38/h1-9,16-17,19,32,39H,10-15,18,20-21,38H2. The second kappa shape index (κ2) is 14.2. The monoisotopic (exact) mass is 697 g/mol. The van der Waals surface area contributed by atoms with Crippen LogP contribution in [0.2, 0.25) is 10.0 Å². The molecule has 2 aliphatic heterocycles. The number of nitrogens with two attached hydrogens (primary N) is 1. The van der Waals surface area contributed by atoms with E-state index < -0.39 is 16.6 Å². The van der Waals surface area contributed by atoms with Crippen molar-refractivity contribution >= 4 is 63.6 Å². The molecule has 2 unspecified atom stereocenters. The van der Waals surface area contributed by atoms with Gasteiger partial charge in [0.1, 0.15) is 17.2 Å². The molecule has 4 aromatic rings. The van der Waals surface area contributed by atoms with Crippen molar-refractivity contribution in [3.05, 3.63) is 99.9 Å². The van der Waals surface area contributed by atoms with Crippen LogP contribution in [0.5, 0.6) is 0 Å². The molecule has 0 aliphatic carbocycles. The first kappa shape index (κ1) is 33.3. The summed E-state index contributed by atoms with van der Waals surface area (Å²) in [6.07, 6.45) is 1.74. The van der Waals surface area contributed by atoms with E-state index in [1.807, 2.05) is 42.6 Å². The van der Waals surface area contributed by atoms with Crippen molar-refractivity contribution in [1.82, 2.24) is 19.7 Å². The van der Waals surface area contributed by atoms with Crippen molar-refractivity contribution in [2.45, 2.75) is 28.6 Å². The third-order valence-electron chi connectivity index (χ3n) is 8.61. The lowest BCUT2D eigenvalue weighted by Gasteiger charge is -2.42. The second-order valence-electron chi connectivity index (χ2n) is 11.6. The lowest BCUT2D eigenvalue weighted by molar-refractivity contribution is -0.143. The van der Waals surface area contributed by atoms with Gasteiger partial charge in [-0.2, -0.15) is 0 Å². The average Bonchev–Trinajstić information content (AvgIpc) is 3.60. The summed E-state index contributed by atoms with van der Waals surface area (Å²) in [5, 5.41) is 1.35. The van der Waals surface area contributed by atoms with Gasteiger partial charge in [0.05, 0.1) is 24.1 Å². The first-order valence-electron chi connectivity index (χ1n) is 15.3. The zero-order valence-corrected chi connectivity index (χ0v) is 27.8. The molecule has 47 heavy (non-hydrogen) atoms. The van der Waals surface area contributed by atoms with Crippen LogP contribution in [0.4, 0.5) is 4.39 Å². The summed E-state index contributed by atoms with van der Waals surface area (Å²) in [6, 6.07) is 18.7. The van der Waals surface area contributed by atoms with Crippen LogP contribution in [0.3, 0.4) is 0 Å². The molecule has 2 atom stereocenters. The normalized spacial score (nSPS) is 20.0. The van der Waals surface area contributed by atoms with E-state index in [0.717, 1.165) is 21.4 Å². The zero-order chi connectivity index (χ0) is 33.1. The molecule has 2 aliphatic rings. The number of hydrogen-bond donors (Lipinski definition) is 2. The van der Waals surface area contributed by atoms with Gasteiger partial charge in [-0.25, -0.2) is 4.39 Å². The number of aromatic nitrogens is 1. The second-order valence-corrected chi connectivity index (χ2v) is 13.8. The van der Waals surface area contributed by atoms with E-state index in [1.165, 1.54) is 23.9 Å². The molecule has 3 aromatic carbocycles. The fourth-order valence-corrected chi connectivity index (χ4v) is 8.17. The van der Waals surface area contributed by atoms with E-state index in [9.17, 15) is 14.0 Å². The molecule has 0 saturated carbocycles. The van der Waals surface area contributed by atoms with Gasteiger partial charge in [-0.3, -0.25) is 14.4 Å². The molecule has 9 nitrogen and oxygen atoms in total. The fourth-order valence-electron chi connectivity index (χ4n) is 6.39. The number of carbonyl (C=O) groups is 3. The number of likely N-dealkylation sites (tertiary alicyclic amines) is 1. The number of nitrogens with one attached hydrogen (secondary N) is 1. The first-order valence-corrected chi connectivity index (χ1v) is 16.9. The fraction of sp³-hybridized carbons (Fsp3) is 0.324. The number of thioether (sulfide) groups is 1. The van der Waals surface area contributed by atoms with Gasteiger partial charge in [-0.15, -0.1) is 11.8 Å². The van der Waals surface area contributed by atoms with Gasteiger partial charge >= 0.3 is 0 Å². The van der Waals surface area contributed by atoms with Gasteiger partial charge in [0.2, 0.25) is 17.7 Å². The number of benzene rings is 3. The number of amides is 3. The smallest absolute Gasteiger partial charge is 0.248 e. The maximum atomic E-state index is 15.0. The zero-order valence-electron chi connectivity index (χ0n) is 25.5. The molecular weight excluding hydrogens is 664 g/mol. The first-order chi connectivity index (χ1) is 22.7. The van der Waals surface area contributed by atoms with Crippen LogP contribution in [-0.4, -0.2) is 88.1 Å².